The van der Waals surface area contributed by atoms with Gasteiger partial charge in [0.05, 0.1) is 0 Å². The summed E-state index contributed by atoms with van der Waals surface area (Å²) in [5, 5.41) is 6.99. The van der Waals surface area contributed by atoms with Gasteiger partial charge in [0.2, 0.25) is 0 Å². The molecule has 1 aliphatic carbocycles. The second-order valence-corrected chi connectivity index (χ2v) is 7.76. The van der Waals surface area contributed by atoms with Gasteiger partial charge >= 0.3 is 0 Å². The summed E-state index contributed by atoms with van der Waals surface area (Å²) >= 11 is 0. The minimum Gasteiger partial charge on any atom is -0.369 e. The predicted molar refractivity (Wildman–Crippen MR) is 131 cm³/mol. The zero-order valence-corrected chi connectivity index (χ0v) is 19.7. The molecule has 2 aliphatic rings. The fourth-order valence-electron chi connectivity index (χ4n) is 4.09. The highest BCUT2D eigenvalue weighted by Crippen LogP contribution is 2.17. The van der Waals surface area contributed by atoms with Gasteiger partial charge in [0.15, 0.2) is 5.96 Å². The number of guanidine groups is 1. The van der Waals surface area contributed by atoms with Crippen LogP contribution in [-0.4, -0.2) is 62.7 Å². The van der Waals surface area contributed by atoms with Crippen molar-refractivity contribution < 1.29 is 0 Å². The van der Waals surface area contributed by atoms with E-state index in [0.29, 0.717) is 6.04 Å². The molecule has 1 heterocycles. The van der Waals surface area contributed by atoms with Gasteiger partial charge in [-0.3, -0.25) is 9.89 Å². The summed E-state index contributed by atoms with van der Waals surface area (Å²) in [5.41, 5.74) is 1.36. The molecule has 0 spiro atoms. The monoisotopic (exact) mass is 499 g/mol. The Hall–Kier alpha value is -1.02. The molecule has 0 atom stereocenters. The third-order valence-electron chi connectivity index (χ3n) is 5.69. The van der Waals surface area contributed by atoms with Crippen LogP contribution in [0.1, 0.15) is 45.4 Å². The number of benzene rings is 1. The van der Waals surface area contributed by atoms with E-state index < -0.39 is 0 Å². The Balaban J connectivity index is 0.00000280. The standard InChI is InChI=1S/C22H37N5.HI/c1-2-23-22(25-20-10-6-7-11-20)24-14-8-9-15-26-16-18-27(19-17-26)21-12-4-3-5-13-21;/h3-5,12-13,20H,2,6-11,14-19H2,1H3,(H2,23,24,25);1H. The maximum absolute atomic E-state index is 4.78. The molecular formula is C22H38IN5. The summed E-state index contributed by atoms with van der Waals surface area (Å²) in [5.74, 6) is 1.01. The average molecular weight is 499 g/mol. The van der Waals surface area contributed by atoms with Crippen LogP contribution < -0.4 is 15.5 Å². The summed E-state index contributed by atoms with van der Waals surface area (Å²) < 4.78 is 0. The number of hydrogen-bond acceptors (Lipinski definition) is 3. The molecule has 3 rings (SSSR count). The van der Waals surface area contributed by atoms with E-state index in [9.17, 15) is 0 Å². The van der Waals surface area contributed by atoms with Crippen molar-refractivity contribution in [1.29, 1.82) is 0 Å². The first-order chi connectivity index (χ1) is 13.3. The Bertz CT molecular complexity index is 551. The van der Waals surface area contributed by atoms with Gasteiger partial charge in [-0.15, -0.1) is 24.0 Å². The number of piperazine rings is 1. The van der Waals surface area contributed by atoms with Crippen LogP contribution in [-0.2, 0) is 0 Å². The van der Waals surface area contributed by atoms with Crippen LogP contribution >= 0.6 is 24.0 Å². The number of hydrogen-bond donors (Lipinski definition) is 2. The fraction of sp³-hybridized carbons (Fsp3) is 0.682. The van der Waals surface area contributed by atoms with E-state index in [1.165, 1.54) is 63.8 Å². The van der Waals surface area contributed by atoms with Crippen LogP contribution in [0.2, 0.25) is 0 Å². The predicted octanol–water partition coefficient (Wildman–Crippen LogP) is 3.70. The number of rotatable bonds is 8. The number of para-hydroxylation sites is 1. The molecule has 6 heteroatoms. The van der Waals surface area contributed by atoms with Crippen LogP contribution in [0.25, 0.3) is 0 Å². The van der Waals surface area contributed by atoms with Gasteiger partial charge in [0.1, 0.15) is 0 Å². The maximum Gasteiger partial charge on any atom is 0.191 e. The van der Waals surface area contributed by atoms with Crippen molar-refractivity contribution in [2.45, 2.75) is 51.5 Å². The molecule has 5 nitrogen and oxygen atoms in total. The highest BCUT2D eigenvalue weighted by molar-refractivity contribution is 14.0. The Morgan fingerprint density at radius 3 is 2.43 bits per heavy atom. The SMILES string of the molecule is CCNC(=NCCCCN1CCN(c2ccccc2)CC1)NC1CCCC1.I. The summed E-state index contributed by atoms with van der Waals surface area (Å²) in [6.45, 7) is 9.81. The van der Waals surface area contributed by atoms with Gasteiger partial charge in [-0.1, -0.05) is 31.0 Å². The number of halogens is 1. The molecule has 0 amide bonds. The van der Waals surface area contributed by atoms with Gasteiger partial charge in [-0.2, -0.15) is 0 Å². The largest absolute Gasteiger partial charge is 0.369 e. The fourth-order valence-corrected chi connectivity index (χ4v) is 4.09. The molecule has 0 radical (unpaired) electrons. The molecule has 28 heavy (non-hydrogen) atoms. The molecule has 1 saturated heterocycles. The quantitative estimate of drug-likeness (QED) is 0.248. The van der Waals surface area contributed by atoms with E-state index in [0.717, 1.165) is 32.1 Å². The zero-order valence-electron chi connectivity index (χ0n) is 17.4. The number of nitrogens with one attached hydrogen (secondary N) is 2. The first-order valence-corrected chi connectivity index (χ1v) is 10.9. The molecule has 1 aromatic rings. The van der Waals surface area contributed by atoms with Crippen molar-refractivity contribution in [3.8, 4) is 0 Å². The minimum atomic E-state index is 0. The van der Waals surface area contributed by atoms with Gasteiger partial charge in [-0.05, 0) is 51.3 Å². The number of unbranched alkanes of at least 4 members (excludes halogenated alkanes) is 1. The van der Waals surface area contributed by atoms with Gasteiger partial charge in [-0.25, -0.2) is 0 Å². The molecule has 0 aromatic heterocycles. The van der Waals surface area contributed by atoms with Crippen molar-refractivity contribution in [2.24, 2.45) is 4.99 Å². The van der Waals surface area contributed by atoms with Gasteiger partial charge < -0.3 is 15.5 Å². The lowest BCUT2D eigenvalue weighted by molar-refractivity contribution is 0.253. The van der Waals surface area contributed by atoms with E-state index in [2.05, 4.69) is 57.7 Å². The summed E-state index contributed by atoms with van der Waals surface area (Å²) in [7, 11) is 0. The molecule has 1 aliphatic heterocycles. The van der Waals surface area contributed by atoms with Crippen molar-refractivity contribution >= 4 is 35.6 Å². The summed E-state index contributed by atoms with van der Waals surface area (Å²) in [6, 6.07) is 11.4. The molecule has 1 aromatic carbocycles. The molecule has 158 valence electrons. The Kier molecular flexibility index (Phi) is 11.0. The molecule has 0 bridgehead atoms. The average Bonchev–Trinajstić information content (AvgIpc) is 3.22. The minimum absolute atomic E-state index is 0. The van der Waals surface area contributed by atoms with Crippen molar-refractivity contribution in [2.75, 3.05) is 50.7 Å². The van der Waals surface area contributed by atoms with Crippen LogP contribution in [0.5, 0.6) is 0 Å². The summed E-state index contributed by atoms with van der Waals surface area (Å²) in [4.78, 5) is 9.88. The Morgan fingerprint density at radius 1 is 1.04 bits per heavy atom. The van der Waals surface area contributed by atoms with Crippen LogP contribution in [0.3, 0.4) is 0 Å². The highest BCUT2D eigenvalue weighted by atomic mass is 127. The van der Waals surface area contributed by atoms with E-state index in [4.69, 9.17) is 4.99 Å². The highest BCUT2D eigenvalue weighted by Gasteiger charge is 2.17. The molecule has 1 saturated carbocycles. The lowest BCUT2D eigenvalue weighted by Gasteiger charge is -2.36. The number of aliphatic imine (C=N–C) groups is 1. The van der Waals surface area contributed by atoms with E-state index in [1.54, 1.807) is 0 Å². The molecular weight excluding hydrogens is 461 g/mol. The smallest absolute Gasteiger partial charge is 0.191 e. The van der Waals surface area contributed by atoms with Crippen molar-refractivity contribution in [3.63, 3.8) is 0 Å². The second kappa shape index (κ2) is 13.2. The molecule has 0 unspecified atom stereocenters. The maximum atomic E-state index is 4.78. The lowest BCUT2D eigenvalue weighted by atomic mass is 10.2. The van der Waals surface area contributed by atoms with Crippen LogP contribution in [0, 0.1) is 0 Å². The normalized spacial score (nSPS) is 18.8. The number of anilines is 1. The van der Waals surface area contributed by atoms with Crippen LogP contribution in [0.4, 0.5) is 5.69 Å². The third-order valence-corrected chi connectivity index (χ3v) is 5.69. The van der Waals surface area contributed by atoms with E-state index in [-0.39, 0.29) is 24.0 Å². The number of nitrogens with zero attached hydrogens (tertiary/aromatic N) is 3. The van der Waals surface area contributed by atoms with E-state index in [1.807, 2.05) is 0 Å². The first kappa shape index (κ1) is 23.3. The van der Waals surface area contributed by atoms with E-state index >= 15 is 0 Å². The third kappa shape index (κ3) is 7.78. The van der Waals surface area contributed by atoms with Crippen molar-refractivity contribution in [3.05, 3.63) is 30.3 Å². The topological polar surface area (TPSA) is 42.9 Å². The zero-order chi connectivity index (χ0) is 18.7. The van der Waals surface area contributed by atoms with Gasteiger partial charge in [0, 0.05) is 51.0 Å². The summed E-state index contributed by atoms with van der Waals surface area (Å²) in [6.07, 6.45) is 7.69. The second-order valence-electron chi connectivity index (χ2n) is 7.76. The Morgan fingerprint density at radius 2 is 1.75 bits per heavy atom. The first-order valence-electron chi connectivity index (χ1n) is 10.9. The van der Waals surface area contributed by atoms with Gasteiger partial charge in [0.25, 0.3) is 0 Å². The van der Waals surface area contributed by atoms with Crippen LogP contribution in [0.15, 0.2) is 35.3 Å². The molecule has 2 fully saturated rings. The molecule has 2 N–H and O–H groups in total. The van der Waals surface area contributed by atoms with Crippen molar-refractivity contribution in [1.82, 2.24) is 15.5 Å². The Labute approximate surface area is 188 Å². The lowest BCUT2D eigenvalue weighted by Crippen LogP contribution is -2.46.